The van der Waals surface area contributed by atoms with Gasteiger partial charge in [-0.25, -0.2) is 5.21 Å². The first-order valence-electron chi connectivity index (χ1n) is 5.04. The van der Waals surface area contributed by atoms with E-state index in [4.69, 9.17) is 5.21 Å². The molecule has 0 bridgehead atoms. The average Bonchev–Trinajstić information content (AvgIpc) is 2.27. The molecule has 0 saturated heterocycles. The van der Waals surface area contributed by atoms with Crippen LogP contribution in [0.1, 0.15) is 29.9 Å². The van der Waals surface area contributed by atoms with Crippen molar-refractivity contribution in [2.75, 3.05) is 0 Å². The summed E-state index contributed by atoms with van der Waals surface area (Å²) in [6.45, 7) is 0. The van der Waals surface area contributed by atoms with Gasteiger partial charge in [0, 0.05) is 18.1 Å². The Labute approximate surface area is 87.7 Å². The summed E-state index contributed by atoms with van der Waals surface area (Å²) < 4.78 is 0. The maximum atomic E-state index is 10.9. The third-order valence-corrected chi connectivity index (χ3v) is 2.92. The molecule has 1 aliphatic rings. The largest absolute Gasteiger partial charge is 0.595 e. The van der Waals surface area contributed by atoms with Crippen LogP contribution in [0.2, 0.25) is 0 Å². The van der Waals surface area contributed by atoms with Gasteiger partial charge in [-0.2, -0.15) is 5.23 Å². The van der Waals surface area contributed by atoms with Crippen molar-refractivity contribution in [3.05, 3.63) is 34.5 Å². The second-order valence-corrected chi connectivity index (χ2v) is 3.85. The van der Waals surface area contributed by atoms with Crippen LogP contribution in [-0.2, 0) is 11.2 Å². The summed E-state index contributed by atoms with van der Waals surface area (Å²) >= 11 is 0. The van der Waals surface area contributed by atoms with Gasteiger partial charge in [0.1, 0.15) is 6.29 Å². The molecule has 0 aromatic heterocycles. The number of aryl methyl sites for hydroxylation is 1. The summed E-state index contributed by atoms with van der Waals surface area (Å²) in [5, 5.41) is 18.7. The number of hydrogen-bond donors (Lipinski definition) is 2. The van der Waals surface area contributed by atoms with Crippen LogP contribution >= 0.6 is 0 Å². The molecule has 1 aliphatic carbocycles. The average molecular weight is 207 g/mol. The van der Waals surface area contributed by atoms with Crippen LogP contribution in [0.15, 0.2) is 18.2 Å². The second-order valence-electron chi connectivity index (χ2n) is 3.85. The van der Waals surface area contributed by atoms with Crippen molar-refractivity contribution in [3.8, 4) is 0 Å². The zero-order valence-electron chi connectivity index (χ0n) is 8.27. The number of carbonyl (C=O) groups is 1. The minimum atomic E-state index is -0.937. The van der Waals surface area contributed by atoms with Crippen LogP contribution in [0.4, 0.5) is 5.69 Å². The Kier molecular flexibility index (Phi) is 2.81. The molecule has 2 unspecified atom stereocenters. The quantitative estimate of drug-likeness (QED) is 0.554. The maximum absolute atomic E-state index is 10.9. The maximum Gasteiger partial charge on any atom is 0.164 e. The number of rotatable bonds is 2. The minimum Gasteiger partial charge on any atom is -0.595 e. The highest BCUT2D eigenvalue weighted by atomic mass is 16.8. The Morgan fingerprint density at radius 2 is 2.33 bits per heavy atom. The zero-order chi connectivity index (χ0) is 10.8. The second kappa shape index (κ2) is 4.10. The predicted octanol–water partition coefficient (Wildman–Crippen LogP) is 0.709. The van der Waals surface area contributed by atoms with Crippen molar-refractivity contribution < 1.29 is 15.2 Å². The van der Waals surface area contributed by atoms with Crippen LogP contribution in [0.5, 0.6) is 0 Å². The molecule has 0 saturated carbocycles. The Morgan fingerprint density at radius 3 is 3.00 bits per heavy atom. The van der Waals surface area contributed by atoms with Crippen molar-refractivity contribution in [1.82, 2.24) is 0 Å². The summed E-state index contributed by atoms with van der Waals surface area (Å²) in [6, 6.07) is 5.07. The summed E-state index contributed by atoms with van der Waals surface area (Å²) in [7, 11) is 0. The fourth-order valence-corrected chi connectivity index (χ4v) is 2.11. The number of quaternary nitrogens is 1. The number of carbonyl (C=O) groups excluding carboxylic acids is 1. The minimum absolute atomic E-state index is 0.118. The Morgan fingerprint density at radius 1 is 1.53 bits per heavy atom. The lowest BCUT2D eigenvalue weighted by Gasteiger charge is -2.22. The van der Waals surface area contributed by atoms with Crippen molar-refractivity contribution in [2.24, 2.45) is 0 Å². The molecular weight excluding hydrogens is 194 g/mol. The smallest absolute Gasteiger partial charge is 0.164 e. The molecule has 0 amide bonds. The molecule has 2 atom stereocenters. The molecule has 4 heteroatoms. The lowest BCUT2D eigenvalue weighted by atomic mass is 9.83. The van der Waals surface area contributed by atoms with E-state index in [1.54, 1.807) is 12.1 Å². The molecule has 1 aromatic carbocycles. The van der Waals surface area contributed by atoms with Crippen molar-refractivity contribution in [3.63, 3.8) is 0 Å². The Bertz CT molecular complexity index is 376. The van der Waals surface area contributed by atoms with Crippen LogP contribution in [0, 0.1) is 5.21 Å². The molecule has 4 nitrogen and oxygen atoms in total. The normalized spacial score (nSPS) is 21.9. The highest BCUT2D eigenvalue weighted by Gasteiger charge is 2.20. The number of fused-ring (bicyclic) bond motifs is 1. The number of nitrogens with one attached hydrogen (secondary N) is 1. The number of aldehydes is 1. The van der Waals surface area contributed by atoms with E-state index in [1.165, 1.54) is 0 Å². The van der Waals surface area contributed by atoms with Crippen molar-refractivity contribution in [2.45, 2.75) is 25.2 Å². The van der Waals surface area contributed by atoms with Crippen LogP contribution in [-0.4, -0.2) is 11.5 Å². The zero-order valence-corrected chi connectivity index (χ0v) is 8.27. The standard InChI is InChI=1S/C11H13NO3/c13-7-9-3-1-2-8-4-5-10(12(14)15)6-11(8)9/h4-7,9,12,14H,1-3H2. The Hall–Kier alpha value is -1.23. The molecule has 0 spiro atoms. The van der Waals surface area contributed by atoms with E-state index < -0.39 is 5.23 Å². The fraction of sp³-hybridized carbons (Fsp3) is 0.364. The third-order valence-electron chi connectivity index (χ3n) is 2.92. The van der Waals surface area contributed by atoms with Gasteiger partial charge in [-0.3, -0.25) is 0 Å². The molecule has 0 fully saturated rings. The van der Waals surface area contributed by atoms with Gasteiger partial charge in [-0.15, -0.1) is 0 Å². The van der Waals surface area contributed by atoms with Crippen LogP contribution < -0.4 is 5.23 Å². The summed E-state index contributed by atoms with van der Waals surface area (Å²) in [5.74, 6) is -0.118. The first-order chi connectivity index (χ1) is 7.22. The van der Waals surface area contributed by atoms with Gasteiger partial charge >= 0.3 is 0 Å². The molecule has 80 valence electrons. The van der Waals surface area contributed by atoms with Gasteiger partial charge in [-0.1, -0.05) is 6.07 Å². The molecule has 2 rings (SSSR count). The van der Waals surface area contributed by atoms with Crippen molar-refractivity contribution in [1.29, 1.82) is 0 Å². The molecular formula is C11H13NO3. The molecule has 15 heavy (non-hydrogen) atoms. The molecule has 2 N–H and O–H groups in total. The molecule has 1 aromatic rings. The van der Waals surface area contributed by atoms with Crippen LogP contribution in [0.3, 0.4) is 0 Å². The van der Waals surface area contributed by atoms with E-state index >= 15 is 0 Å². The number of hydrogen-bond acceptors (Lipinski definition) is 3. The summed E-state index contributed by atoms with van der Waals surface area (Å²) in [5.41, 5.74) is 2.28. The third kappa shape index (κ3) is 1.92. The van der Waals surface area contributed by atoms with Crippen LogP contribution in [0.25, 0.3) is 0 Å². The fourth-order valence-electron chi connectivity index (χ4n) is 2.11. The SMILES string of the molecule is O=CC1CCCc2ccc([NH+]([O-])O)cc21. The van der Waals surface area contributed by atoms with Crippen molar-refractivity contribution >= 4 is 12.0 Å². The summed E-state index contributed by atoms with van der Waals surface area (Å²) in [6.07, 6.45) is 3.70. The number of benzene rings is 1. The lowest BCUT2D eigenvalue weighted by molar-refractivity contribution is -0.991. The van der Waals surface area contributed by atoms with E-state index in [0.29, 0.717) is 0 Å². The highest BCUT2D eigenvalue weighted by molar-refractivity contribution is 5.65. The van der Waals surface area contributed by atoms with E-state index in [9.17, 15) is 10.0 Å². The van der Waals surface area contributed by atoms with E-state index in [1.807, 2.05) is 6.07 Å². The van der Waals surface area contributed by atoms with E-state index in [2.05, 4.69) is 0 Å². The van der Waals surface area contributed by atoms with Gasteiger partial charge < -0.3 is 10.0 Å². The van der Waals surface area contributed by atoms with Gasteiger partial charge in [0.05, 0.1) is 0 Å². The molecule has 0 heterocycles. The first-order valence-corrected chi connectivity index (χ1v) is 5.04. The Balaban J connectivity index is 2.43. The van der Waals surface area contributed by atoms with Gasteiger partial charge in [0.15, 0.2) is 5.69 Å². The lowest BCUT2D eigenvalue weighted by Crippen LogP contribution is -2.99. The van der Waals surface area contributed by atoms with E-state index in [-0.39, 0.29) is 11.6 Å². The monoisotopic (exact) mass is 207 g/mol. The topological polar surface area (TPSA) is 64.8 Å². The molecule has 0 aliphatic heterocycles. The van der Waals surface area contributed by atoms with Gasteiger partial charge in [0.25, 0.3) is 0 Å². The first kappa shape index (κ1) is 10.3. The van der Waals surface area contributed by atoms with E-state index in [0.717, 1.165) is 36.7 Å². The predicted molar refractivity (Wildman–Crippen MR) is 54.0 cm³/mol. The molecule has 0 radical (unpaired) electrons. The summed E-state index contributed by atoms with van der Waals surface area (Å²) in [4.78, 5) is 10.9. The van der Waals surface area contributed by atoms with Gasteiger partial charge in [0.2, 0.25) is 0 Å². The highest BCUT2D eigenvalue weighted by Crippen LogP contribution is 2.31. The van der Waals surface area contributed by atoms with Gasteiger partial charge in [-0.05, 0) is 30.4 Å².